The second-order valence-corrected chi connectivity index (χ2v) is 12.1. The van der Waals surface area contributed by atoms with Gasteiger partial charge in [-0.3, -0.25) is 0 Å². The van der Waals surface area contributed by atoms with Crippen LogP contribution in [-0.4, -0.2) is 13.2 Å². The topological polar surface area (TPSA) is 9.23 Å². The zero-order valence-corrected chi connectivity index (χ0v) is 22.7. The van der Waals surface area contributed by atoms with E-state index < -0.39 is 0 Å². The minimum atomic E-state index is 0.386. The van der Waals surface area contributed by atoms with Gasteiger partial charge in [0, 0.05) is 7.11 Å². The largest absolute Gasteiger partial charge is 0.381 e. The lowest BCUT2D eigenvalue weighted by molar-refractivity contribution is 0.0228. The predicted molar refractivity (Wildman–Crippen MR) is 140 cm³/mol. The van der Waals surface area contributed by atoms with Crippen molar-refractivity contribution in [2.24, 2.45) is 46.3 Å². The van der Waals surface area contributed by atoms with Gasteiger partial charge in [-0.25, -0.2) is 0 Å². The summed E-state index contributed by atoms with van der Waals surface area (Å²) >= 11 is 0. The average molecular weight is 441 g/mol. The lowest BCUT2D eigenvalue weighted by Crippen LogP contribution is -2.46. The summed E-state index contributed by atoms with van der Waals surface area (Å²) in [6, 6.07) is 0. The minimum Gasteiger partial charge on any atom is -0.381 e. The number of hydrogen-bond donors (Lipinski definition) is 0. The Morgan fingerprint density at radius 2 is 1.62 bits per heavy atom. The fraction of sp³-hybridized carbons (Fsp3) is 0.806. The van der Waals surface area contributed by atoms with Gasteiger partial charge in [0.05, 0.1) is 6.10 Å². The lowest BCUT2D eigenvalue weighted by atomic mass is 9.50. The van der Waals surface area contributed by atoms with Crippen LogP contribution in [0.4, 0.5) is 0 Å². The maximum atomic E-state index is 5.73. The van der Waals surface area contributed by atoms with Crippen molar-refractivity contribution in [3.8, 4) is 0 Å². The van der Waals surface area contributed by atoms with E-state index in [1.54, 1.807) is 5.57 Å². The molecule has 3 saturated carbocycles. The first-order chi connectivity index (χ1) is 15.2. The number of rotatable bonds is 5. The van der Waals surface area contributed by atoms with E-state index in [9.17, 15) is 0 Å². The van der Waals surface area contributed by atoms with Gasteiger partial charge in [-0.15, -0.1) is 0 Å². The molecule has 4 rings (SSSR count). The third kappa shape index (κ3) is 4.45. The molecule has 0 heterocycles. The summed E-state index contributed by atoms with van der Waals surface area (Å²) < 4.78 is 5.73. The van der Waals surface area contributed by atoms with E-state index in [2.05, 4.69) is 65.8 Å². The molecule has 0 bridgehead atoms. The van der Waals surface area contributed by atoms with Crippen molar-refractivity contribution in [1.29, 1.82) is 0 Å². The highest BCUT2D eigenvalue weighted by molar-refractivity contribution is 5.39. The first-order valence-electron chi connectivity index (χ1n) is 13.8. The van der Waals surface area contributed by atoms with Gasteiger partial charge in [-0.2, -0.15) is 0 Å². The Kier molecular flexibility index (Phi) is 8.23. The quantitative estimate of drug-likeness (QED) is 0.387. The normalized spacial score (nSPS) is 40.4. The van der Waals surface area contributed by atoms with Crippen LogP contribution >= 0.6 is 0 Å². The van der Waals surface area contributed by atoms with E-state index in [0.717, 1.165) is 30.1 Å². The highest BCUT2D eigenvalue weighted by atomic mass is 16.5. The molecule has 0 saturated heterocycles. The SMILES string of the molecule is CC.COC1CCC2(C)C(=CC=C3C2CCC2(C)C3CCC2C(C)/C=C/C(C)C(C)C)C1. The molecular formula is C31H52O. The van der Waals surface area contributed by atoms with Crippen molar-refractivity contribution in [2.75, 3.05) is 7.11 Å². The molecule has 4 aliphatic carbocycles. The molecule has 0 aliphatic heterocycles. The van der Waals surface area contributed by atoms with Crippen LogP contribution in [0, 0.1) is 46.3 Å². The molecule has 0 N–H and O–H groups in total. The van der Waals surface area contributed by atoms with E-state index in [-0.39, 0.29) is 0 Å². The molecule has 1 heteroatoms. The summed E-state index contributed by atoms with van der Waals surface area (Å²) in [4.78, 5) is 0. The Hall–Kier alpha value is -0.820. The van der Waals surface area contributed by atoms with Crippen LogP contribution in [0.1, 0.15) is 100 Å². The van der Waals surface area contributed by atoms with E-state index in [1.165, 1.54) is 38.5 Å². The summed E-state index contributed by atoms with van der Waals surface area (Å²) in [5.41, 5.74) is 4.36. The molecule has 3 fully saturated rings. The highest BCUT2D eigenvalue weighted by Crippen LogP contribution is 2.66. The van der Waals surface area contributed by atoms with Gasteiger partial charge in [0.1, 0.15) is 0 Å². The monoisotopic (exact) mass is 440 g/mol. The number of hydrogen-bond acceptors (Lipinski definition) is 1. The molecule has 0 amide bonds. The summed E-state index contributed by atoms with van der Waals surface area (Å²) in [5.74, 6) is 4.52. The first kappa shape index (κ1) is 25.8. The molecular weight excluding hydrogens is 388 g/mol. The van der Waals surface area contributed by atoms with Crippen molar-refractivity contribution < 1.29 is 4.74 Å². The van der Waals surface area contributed by atoms with Crippen LogP contribution in [0.2, 0.25) is 0 Å². The van der Waals surface area contributed by atoms with Crippen molar-refractivity contribution in [1.82, 2.24) is 0 Å². The second kappa shape index (κ2) is 10.2. The Morgan fingerprint density at radius 3 is 2.28 bits per heavy atom. The molecule has 8 unspecified atom stereocenters. The molecule has 0 spiro atoms. The van der Waals surface area contributed by atoms with Gasteiger partial charge in [0.25, 0.3) is 0 Å². The molecule has 4 aliphatic rings. The van der Waals surface area contributed by atoms with Crippen LogP contribution in [0.5, 0.6) is 0 Å². The number of allylic oxidation sites excluding steroid dienone is 5. The van der Waals surface area contributed by atoms with Gasteiger partial charge in [-0.05, 0) is 91.3 Å². The van der Waals surface area contributed by atoms with Crippen molar-refractivity contribution in [2.45, 2.75) is 106 Å². The van der Waals surface area contributed by atoms with Gasteiger partial charge >= 0.3 is 0 Å². The van der Waals surface area contributed by atoms with Gasteiger partial charge in [0.15, 0.2) is 0 Å². The maximum Gasteiger partial charge on any atom is 0.0609 e. The molecule has 182 valence electrons. The first-order valence-corrected chi connectivity index (χ1v) is 13.8. The average Bonchev–Trinajstić information content (AvgIpc) is 3.15. The molecule has 0 aromatic heterocycles. The molecule has 0 aromatic carbocycles. The molecule has 0 aromatic rings. The molecule has 8 atom stereocenters. The van der Waals surface area contributed by atoms with E-state index in [1.807, 2.05) is 26.5 Å². The fourth-order valence-corrected chi connectivity index (χ4v) is 7.78. The van der Waals surface area contributed by atoms with Crippen molar-refractivity contribution in [3.63, 3.8) is 0 Å². The van der Waals surface area contributed by atoms with Gasteiger partial charge in [-0.1, -0.05) is 90.8 Å². The van der Waals surface area contributed by atoms with Crippen LogP contribution in [0.25, 0.3) is 0 Å². The van der Waals surface area contributed by atoms with Crippen LogP contribution in [0.3, 0.4) is 0 Å². The Labute approximate surface area is 200 Å². The predicted octanol–water partition coefficient (Wildman–Crippen LogP) is 9.01. The maximum absolute atomic E-state index is 5.73. The van der Waals surface area contributed by atoms with Gasteiger partial charge < -0.3 is 4.74 Å². The van der Waals surface area contributed by atoms with Crippen molar-refractivity contribution >= 4 is 0 Å². The van der Waals surface area contributed by atoms with Crippen LogP contribution in [0.15, 0.2) is 35.5 Å². The summed E-state index contributed by atoms with van der Waals surface area (Å²) in [5, 5.41) is 0. The highest BCUT2D eigenvalue weighted by Gasteiger charge is 2.56. The summed E-state index contributed by atoms with van der Waals surface area (Å²) in [7, 11) is 1.89. The Morgan fingerprint density at radius 1 is 0.906 bits per heavy atom. The van der Waals surface area contributed by atoms with Gasteiger partial charge in [0.2, 0.25) is 0 Å². The Bertz CT molecular complexity index is 727. The standard InChI is InChI=1S/C29H46O.C2H6/c1-19(2)20(3)8-9-21(4)25-12-13-26-24-11-10-22-18-23(30-7)14-16-28(22,5)27(24)15-17-29(25,26)6;1-2/h8-11,19-21,23,25-27H,12-18H2,1-7H3;1-2H3/b9-8+;. The zero-order chi connectivity index (χ0) is 23.7. The lowest BCUT2D eigenvalue weighted by Gasteiger charge is -2.55. The molecule has 32 heavy (non-hydrogen) atoms. The zero-order valence-electron chi connectivity index (χ0n) is 22.7. The summed E-state index contributed by atoms with van der Waals surface area (Å²) in [6.45, 7) is 18.8. The van der Waals surface area contributed by atoms with Crippen molar-refractivity contribution in [3.05, 3.63) is 35.5 Å². The Balaban J connectivity index is 0.00000141. The molecule has 1 nitrogen and oxygen atoms in total. The number of methoxy groups -OCH3 is 1. The third-order valence-corrected chi connectivity index (χ3v) is 10.3. The molecule has 0 radical (unpaired) electrons. The number of fused-ring (bicyclic) bond motifs is 5. The number of ether oxygens (including phenoxy) is 1. The second-order valence-electron chi connectivity index (χ2n) is 12.1. The smallest absolute Gasteiger partial charge is 0.0609 e. The van der Waals surface area contributed by atoms with E-state index in [0.29, 0.717) is 28.8 Å². The third-order valence-electron chi connectivity index (χ3n) is 10.3. The van der Waals surface area contributed by atoms with E-state index >= 15 is 0 Å². The minimum absolute atomic E-state index is 0.386. The van der Waals surface area contributed by atoms with Crippen LogP contribution < -0.4 is 0 Å². The van der Waals surface area contributed by atoms with Crippen LogP contribution in [-0.2, 0) is 4.74 Å². The van der Waals surface area contributed by atoms with E-state index in [4.69, 9.17) is 4.74 Å². The fourth-order valence-electron chi connectivity index (χ4n) is 7.78. The summed E-state index contributed by atoms with van der Waals surface area (Å²) in [6.07, 6.45) is 19.9.